The Bertz CT molecular complexity index is 1000. The minimum absolute atomic E-state index is 0. The molecular weight excluding hydrogens is 403 g/mol. The second-order valence-electron chi connectivity index (χ2n) is 6.96. The number of benzene rings is 2. The van der Waals surface area contributed by atoms with E-state index >= 15 is 0 Å². The first-order valence-electron chi connectivity index (χ1n) is 9.18. The van der Waals surface area contributed by atoms with Crippen LogP contribution in [0.25, 0.3) is 10.9 Å². The Morgan fingerprint density at radius 2 is 1.83 bits per heavy atom. The highest BCUT2D eigenvalue weighted by atomic mass is 35.5. The smallest absolute Gasteiger partial charge is 0.361 e. The lowest BCUT2D eigenvalue weighted by atomic mass is 9.99. The minimum Gasteiger partial charge on any atom is -0.361 e. The molecule has 0 spiro atoms. The van der Waals surface area contributed by atoms with Crippen LogP contribution < -0.4 is 5.32 Å². The van der Waals surface area contributed by atoms with E-state index in [1.54, 1.807) is 4.90 Å². The third-order valence-corrected chi connectivity index (χ3v) is 5.20. The largest absolute Gasteiger partial charge is 0.417 e. The molecule has 3 aromatic rings. The summed E-state index contributed by atoms with van der Waals surface area (Å²) in [5.41, 5.74) is 0.873. The number of hydrogen-bond donors (Lipinski definition) is 2. The van der Waals surface area contributed by atoms with Crippen molar-refractivity contribution in [3.63, 3.8) is 0 Å². The molecule has 0 radical (unpaired) electrons. The maximum Gasteiger partial charge on any atom is 0.417 e. The molecule has 29 heavy (non-hydrogen) atoms. The van der Waals surface area contributed by atoms with Gasteiger partial charge in [-0.2, -0.15) is 13.2 Å². The summed E-state index contributed by atoms with van der Waals surface area (Å²) in [4.78, 5) is 17.8. The van der Waals surface area contributed by atoms with E-state index < -0.39 is 17.6 Å². The van der Waals surface area contributed by atoms with Crippen molar-refractivity contribution < 1.29 is 18.0 Å². The molecule has 1 aliphatic heterocycles. The van der Waals surface area contributed by atoms with Gasteiger partial charge in [0.25, 0.3) is 5.91 Å². The highest BCUT2D eigenvalue weighted by Gasteiger charge is 2.37. The number of nitrogens with one attached hydrogen (secondary N) is 2. The van der Waals surface area contributed by atoms with Gasteiger partial charge in [-0.15, -0.1) is 12.4 Å². The van der Waals surface area contributed by atoms with E-state index in [1.807, 2.05) is 30.5 Å². The Labute approximate surface area is 172 Å². The van der Waals surface area contributed by atoms with E-state index in [0.29, 0.717) is 26.1 Å². The maximum absolute atomic E-state index is 13.4. The zero-order valence-corrected chi connectivity index (χ0v) is 16.3. The van der Waals surface area contributed by atoms with Gasteiger partial charge in [0.05, 0.1) is 11.1 Å². The number of piperazine rings is 1. The molecule has 0 bridgehead atoms. The Morgan fingerprint density at radius 3 is 2.62 bits per heavy atom. The molecule has 2 heterocycles. The molecule has 1 aliphatic rings. The van der Waals surface area contributed by atoms with Crippen LogP contribution in [0, 0.1) is 0 Å². The number of alkyl halides is 3. The van der Waals surface area contributed by atoms with Crippen molar-refractivity contribution in [2.75, 3.05) is 19.6 Å². The van der Waals surface area contributed by atoms with Crippen molar-refractivity contribution in [2.24, 2.45) is 0 Å². The third kappa shape index (κ3) is 4.26. The number of hydrogen-bond acceptors (Lipinski definition) is 2. The van der Waals surface area contributed by atoms with E-state index in [0.717, 1.165) is 22.5 Å². The van der Waals surface area contributed by atoms with Gasteiger partial charge in [0.2, 0.25) is 0 Å². The van der Waals surface area contributed by atoms with Gasteiger partial charge in [0, 0.05) is 42.8 Å². The highest BCUT2D eigenvalue weighted by Crippen LogP contribution is 2.33. The summed E-state index contributed by atoms with van der Waals surface area (Å²) in [7, 11) is 0. The molecule has 1 atom stereocenters. The fourth-order valence-corrected chi connectivity index (χ4v) is 3.84. The molecule has 1 fully saturated rings. The van der Waals surface area contributed by atoms with Crippen molar-refractivity contribution in [3.8, 4) is 0 Å². The molecule has 154 valence electrons. The van der Waals surface area contributed by atoms with Gasteiger partial charge < -0.3 is 15.2 Å². The van der Waals surface area contributed by atoms with Crippen LogP contribution in [-0.2, 0) is 12.6 Å². The average molecular weight is 424 g/mol. The summed E-state index contributed by atoms with van der Waals surface area (Å²) < 4.78 is 40.1. The van der Waals surface area contributed by atoms with Gasteiger partial charge in [-0.05, 0) is 30.2 Å². The predicted octanol–water partition coefficient (Wildman–Crippen LogP) is 4.27. The van der Waals surface area contributed by atoms with Crippen molar-refractivity contribution in [2.45, 2.75) is 18.6 Å². The van der Waals surface area contributed by atoms with Crippen LogP contribution >= 0.6 is 12.4 Å². The number of halogens is 4. The minimum atomic E-state index is -4.56. The monoisotopic (exact) mass is 423 g/mol. The molecule has 0 aliphatic carbocycles. The van der Waals surface area contributed by atoms with Gasteiger partial charge in [0.1, 0.15) is 0 Å². The molecule has 2 aromatic carbocycles. The Balaban J connectivity index is 0.00000240. The molecule has 0 saturated carbocycles. The second-order valence-corrected chi connectivity index (χ2v) is 6.96. The highest BCUT2D eigenvalue weighted by molar-refractivity contribution is 5.96. The van der Waals surface area contributed by atoms with Gasteiger partial charge in [-0.25, -0.2) is 0 Å². The summed E-state index contributed by atoms with van der Waals surface area (Å²) in [6, 6.07) is 12.6. The summed E-state index contributed by atoms with van der Waals surface area (Å²) in [5, 5.41) is 4.32. The summed E-state index contributed by atoms with van der Waals surface area (Å²) in [6.45, 7) is 1.47. The van der Waals surface area contributed by atoms with Gasteiger partial charge in [-0.1, -0.05) is 30.3 Å². The van der Waals surface area contributed by atoms with Gasteiger partial charge in [0.15, 0.2) is 0 Å². The fourth-order valence-electron chi connectivity index (χ4n) is 3.84. The first kappa shape index (κ1) is 21.2. The first-order valence-corrected chi connectivity index (χ1v) is 9.18. The number of carbonyl (C=O) groups is 1. The SMILES string of the molecule is Cl.O=C(c1ccccc1C(F)(F)F)N1CCNCC1Cc1c[nH]c2ccccc12. The molecular formula is C21H21ClF3N3O. The summed E-state index contributed by atoms with van der Waals surface area (Å²) >= 11 is 0. The molecule has 1 unspecified atom stereocenters. The average Bonchev–Trinajstić information content (AvgIpc) is 3.10. The molecule has 1 amide bonds. The Kier molecular flexibility index (Phi) is 6.19. The number of amides is 1. The van der Waals surface area contributed by atoms with Crippen molar-refractivity contribution in [1.29, 1.82) is 0 Å². The third-order valence-electron chi connectivity index (χ3n) is 5.20. The number of aromatic amines is 1. The number of aromatic nitrogens is 1. The normalized spacial score (nSPS) is 17.2. The number of H-pyrrole nitrogens is 1. The Morgan fingerprint density at radius 1 is 1.10 bits per heavy atom. The van der Waals surface area contributed by atoms with Crippen molar-refractivity contribution >= 4 is 29.2 Å². The van der Waals surface area contributed by atoms with E-state index in [1.165, 1.54) is 18.2 Å². The van der Waals surface area contributed by atoms with Crippen LogP contribution in [0.15, 0.2) is 54.7 Å². The lowest BCUT2D eigenvalue weighted by molar-refractivity contribution is -0.138. The molecule has 1 saturated heterocycles. The topological polar surface area (TPSA) is 48.1 Å². The quantitative estimate of drug-likeness (QED) is 0.661. The number of carbonyl (C=O) groups excluding carboxylic acids is 1. The number of nitrogens with zero attached hydrogens (tertiary/aromatic N) is 1. The molecule has 8 heteroatoms. The van der Waals surface area contributed by atoms with Crippen LogP contribution in [0.5, 0.6) is 0 Å². The number of rotatable bonds is 3. The number of para-hydroxylation sites is 1. The van der Waals surface area contributed by atoms with Gasteiger partial charge >= 0.3 is 6.18 Å². The maximum atomic E-state index is 13.4. The van der Waals surface area contributed by atoms with E-state index in [9.17, 15) is 18.0 Å². The van der Waals surface area contributed by atoms with Crippen LogP contribution in [0.2, 0.25) is 0 Å². The number of fused-ring (bicyclic) bond motifs is 1. The lowest BCUT2D eigenvalue weighted by Gasteiger charge is -2.37. The van der Waals surface area contributed by atoms with Crippen LogP contribution in [0.4, 0.5) is 13.2 Å². The summed E-state index contributed by atoms with van der Waals surface area (Å²) in [6.07, 6.45) is -2.09. The molecule has 1 aromatic heterocycles. The molecule has 4 rings (SSSR count). The van der Waals surface area contributed by atoms with E-state index in [-0.39, 0.29) is 24.0 Å². The summed E-state index contributed by atoms with van der Waals surface area (Å²) in [5.74, 6) is -0.570. The fraction of sp³-hybridized carbons (Fsp3) is 0.286. The zero-order valence-electron chi connectivity index (χ0n) is 15.5. The lowest BCUT2D eigenvalue weighted by Crippen LogP contribution is -2.54. The van der Waals surface area contributed by atoms with Crippen LogP contribution in [0.1, 0.15) is 21.5 Å². The van der Waals surface area contributed by atoms with Crippen molar-refractivity contribution in [3.05, 3.63) is 71.4 Å². The zero-order chi connectivity index (χ0) is 19.7. The second kappa shape index (κ2) is 8.47. The molecule has 4 nitrogen and oxygen atoms in total. The van der Waals surface area contributed by atoms with Gasteiger partial charge in [-0.3, -0.25) is 4.79 Å². The van der Waals surface area contributed by atoms with E-state index in [2.05, 4.69) is 10.3 Å². The van der Waals surface area contributed by atoms with Crippen LogP contribution in [-0.4, -0.2) is 41.5 Å². The van der Waals surface area contributed by atoms with Crippen molar-refractivity contribution in [1.82, 2.24) is 15.2 Å². The predicted molar refractivity (Wildman–Crippen MR) is 108 cm³/mol. The standard InChI is InChI=1S/C21H20F3N3O.ClH/c22-21(23,24)18-7-3-1-6-17(18)20(28)27-10-9-25-13-15(27)11-14-12-26-19-8-4-2-5-16(14)19;/h1-8,12,15,25-26H,9-11,13H2;1H. The first-order chi connectivity index (χ1) is 13.4. The molecule has 2 N–H and O–H groups in total. The van der Waals surface area contributed by atoms with Crippen LogP contribution in [0.3, 0.4) is 0 Å². The Hall–Kier alpha value is -2.51. The van der Waals surface area contributed by atoms with E-state index in [4.69, 9.17) is 0 Å².